The first-order valence-corrected chi connectivity index (χ1v) is 7.66. The average Bonchev–Trinajstić information content (AvgIpc) is 2.65. The number of hydroxylamine groups is 1. The molecule has 0 saturated heterocycles. The Kier molecular flexibility index (Phi) is 6.59. The van der Waals surface area contributed by atoms with Gasteiger partial charge in [0.05, 0.1) is 6.54 Å². The molecule has 0 saturated carbocycles. The van der Waals surface area contributed by atoms with Crippen molar-refractivity contribution < 1.29 is 23.9 Å². The summed E-state index contributed by atoms with van der Waals surface area (Å²) in [6, 6.07) is 9.01. The number of methoxy groups -OCH3 is 2. The number of hydrogen-bond donors (Lipinski definition) is 1. The summed E-state index contributed by atoms with van der Waals surface area (Å²) in [6.07, 6.45) is 0.415. The molecule has 0 aliphatic carbocycles. The maximum atomic E-state index is 12.8. The lowest BCUT2D eigenvalue weighted by Gasteiger charge is -2.18. The molecule has 0 fully saturated rings. The van der Waals surface area contributed by atoms with Crippen molar-refractivity contribution >= 4 is 11.9 Å². The van der Waals surface area contributed by atoms with Gasteiger partial charge in [-0.3, -0.25) is 19.0 Å². The quantitative estimate of drug-likeness (QED) is 0.597. The number of ether oxygens (including phenoxy) is 2. The predicted octanol–water partition coefficient (Wildman–Crippen LogP) is 0.737. The second-order valence-corrected chi connectivity index (χ2v) is 5.20. The molecule has 9 nitrogen and oxygen atoms in total. The smallest absolute Gasteiger partial charge is 0.329 e. The van der Waals surface area contributed by atoms with Gasteiger partial charge >= 0.3 is 5.97 Å². The highest BCUT2D eigenvalue weighted by atomic mass is 16.7. The van der Waals surface area contributed by atoms with E-state index in [2.05, 4.69) is 9.82 Å². The predicted molar refractivity (Wildman–Crippen MR) is 91.0 cm³/mol. The van der Waals surface area contributed by atoms with E-state index in [1.807, 2.05) is 11.5 Å². The fourth-order valence-electron chi connectivity index (χ4n) is 2.20. The number of benzene rings is 1. The monoisotopic (exact) mass is 361 g/mol. The van der Waals surface area contributed by atoms with Crippen LogP contribution in [0.4, 0.5) is 0 Å². The summed E-state index contributed by atoms with van der Waals surface area (Å²) in [4.78, 5) is 44.4. The lowest BCUT2D eigenvalue weighted by Crippen LogP contribution is -2.37. The molecule has 26 heavy (non-hydrogen) atoms. The SMILES string of the molecule is COC(Cn1c(-c2ccccc2)ncc(C(=O)NOC(C)=O)c1=O)OC. The van der Waals surface area contributed by atoms with Gasteiger partial charge in [-0.1, -0.05) is 30.3 Å². The van der Waals surface area contributed by atoms with Crippen molar-refractivity contribution in [1.29, 1.82) is 0 Å². The molecule has 0 unspecified atom stereocenters. The standard InChI is InChI=1S/C17H19N3O6/c1-11(21)26-19-16(22)13-9-18-15(12-7-5-4-6-8-12)20(17(13)23)10-14(24-2)25-3/h4-9,14H,10H2,1-3H3,(H,19,22). The first-order chi connectivity index (χ1) is 12.5. The third-order valence-electron chi connectivity index (χ3n) is 3.47. The Balaban J connectivity index is 2.50. The Morgan fingerprint density at radius 2 is 1.85 bits per heavy atom. The van der Waals surface area contributed by atoms with Crippen LogP contribution in [0.5, 0.6) is 0 Å². The van der Waals surface area contributed by atoms with Gasteiger partial charge in [-0.25, -0.2) is 4.98 Å². The maximum Gasteiger partial charge on any atom is 0.329 e. The van der Waals surface area contributed by atoms with E-state index < -0.39 is 23.7 Å². The maximum absolute atomic E-state index is 12.8. The van der Waals surface area contributed by atoms with Crippen LogP contribution < -0.4 is 11.0 Å². The van der Waals surface area contributed by atoms with E-state index in [0.29, 0.717) is 11.4 Å². The molecule has 1 aromatic heterocycles. The Morgan fingerprint density at radius 1 is 1.19 bits per heavy atom. The number of hydrogen-bond acceptors (Lipinski definition) is 7. The van der Waals surface area contributed by atoms with Crippen molar-refractivity contribution in [3.05, 3.63) is 52.4 Å². The number of carbonyl (C=O) groups excluding carboxylic acids is 2. The van der Waals surface area contributed by atoms with Crippen molar-refractivity contribution in [3.8, 4) is 11.4 Å². The molecule has 1 heterocycles. The normalized spacial score (nSPS) is 10.6. The molecule has 1 N–H and O–H groups in total. The largest absolute Gasteiger partial charge is 0.354 e. The van der Waals surface area contributed by atoms with Crippen LogP contribution in [-0.4, -0.2) is 41.9 Å². The second-order valence-electron chi connectivity index (χ2n) is 5.20. The minimum Gasteiger partial charge on any atom is -0.354 e. The fraction of sp³-hybridized carbons (Fsp3) is 0.294. The van der Waals surface area contributed by atoms with Crippen LogP contribution in [-0.2, 0) is 25.7 Å². The van der Waals surface area contributed by atoms with Crippen LogP contribution in [0.15, 0.2) is 41.3 Å². The van der Waals surface area contributed by atoms with Gasteiger partial charge < -0.3 is 14.3 Å². The van der Waals surface area contributed by atoms with E-state index in [1.54, 1.807) is 24.3 Å². The highest BCUT2D eigenvalue weighted by molar-refractivity contribution is 5.93. The minimum atomic E-state index is -0.877. The van der Waals surface area contributed by atoms with E-state index in [0.717, 1.165) is 13.1 Å². The molecule has 9 heteroatoms. The molecule has 1 aromatic carbocycles. The Labute approximate surface area is 149 Å². The van der Waals surface area contributed by atoms with Crippen LogP contribution in [0.1, 0.15) is 17.3 Å². The zero-order valence-electron chi connectivity index (χ0n) is 14.6. The third kappa shape index (κ3) is 4.52. The van der Waals surface area contributed by atoms with E-state index in [9.17, 15) is 14.4 Å². The number of nitrogens with one attached hydrogen (secondary N) is 1. The van der Waals surface area contributed by atoms with Gasteiger partial charge in [0, 0.05) is 32.9 Å². The van der Waals surface area contributed by atoms with E-state index >= 15 is 0 Å². The summed E-state index contributed by atoms with van der Waals surface area (Å²) in [5.41, 5.74) is 1.68. The van der Waals surface area contributed by atoms with Crippen LogP contribution in [0, 0.1) is 0 Å². The lowest BCUT2D eigenvalue weighted by molar-refractivity contribution is -0.146. The molecular formula is C17H19N3O6. The first-order valence-electron chi connectivity index (χ1n) is 7.66. The average molecular weight is 361 g/mol. The van der Waals surface area contributed by atoms with Crippen LogP contribution in [0.25, 0.3) is 11.4 Å². The molecule has 0 bridgehead atoms. The summed E-state index contributed by atoms with van der Waals surface area (Å²) in [7, 11) is 2.87. The summed E-state index contributed by atoms with van der Waals surface area (Å²) < 4.78 is 11.6. The third-order valence-corrected chi connectivity index (χ3v) is 3.47. The topological polar surface area (TPSA) is 109 Å². The van der Waals surface area contributed by atoms with Crippen molar-refractivity contribution in [2.45, 2.75) is 19.8 Å². The number of aromatic nitrogens is 2. The van der Waals surface area contributed by atoms with Crippen molar-refractivity contribution in [3.63, 3.8) is 0 Å². The first kappa shape index (κ1) is 19.3. The minimum absolute atomic E-state index is 0.0117. The molecule has 2 aromatic rings. The summed E-state index contributed by atoms with van der Waals surface area (Å²) in [6.45, 7) is 1.13. The Morgan fingerprint density at radius 3 is 2.42 bits per heavy atom. The van der Waals surface area contributed by atoms with Crippen LogP contribution >= 0.6 is 0 Å². The summed E-state index contributed by atoms with van der Waals surface area (Å²) in [5.74, 6) is -1.25. The molecule has 0 aliphatic heterocycles. The zero-order chi connectivity index (χ0) is 19.1. The van der Waals surface area contributed by atoms with Crippen molar-refractivity contribution in [2.75, 3.05) is 14.2 Å². The molecule has 138 valence electrons. The van der Waals surface area contributed by atoms with Gasteiger partial charge in [0.2, 0.25) is 0 Å². The molecule has 0 aliphatic rings. The fourth-order valence-corrected chi connectivity index (χ4v) is 2.20. The number of amides is 1. The molecule has 0 atom stereocenters. The van der Waals surface area contributed by atoms with Gasteiger partial charge in [0.15, 0.2) is 6.29 Å². The van der Waals surface area contributed by atoms with Gasteiger partial charge in [0.25, 0.3) is 11.5 Å². The van der Waals surface area contributed by atoms with Gasteiger partial charge in [0.1, 0.15) is 11.4 Å². The highest BCUT2D eigenvalue weighted by Gasteiger charge is 2.20. The van der Waals surface area contributed by atoms with E-state index in [-0.39, 0.29) is 12.1 Å². The van der Waals surface area contributed by atoms with Gasteiger partial charge in [-0.15, -0.1) is 0 Å². The van der Waals surface area contributed by atoms with Crippen molar-refractivity contribution in [2.24, 2.45) is 0 Å². The molecule has 0 radical (unpaired) electrons. The Hall–Kier alpha value is -3.04. The van der Waals surface area contributed by atoms with E-state index in [1.165, 1.54) is 18.8 Å². The highest BCUT2D eigenvalue weighted by Crippen LogP contribution is 2.16. The molecular weight excluding hydrogens is 342 g/mol. The van der Waals surface area contributed by atoms with Gasteiger partial charge in [-0.2, -0.15) is 5.48 Å². The molecule has 2 rings (SSSR count). The number of nitrogens with zero attached hydrogens (tertiary/aromatic N) is 2. The molecule has 1 amide bonds. The lowest BCUT2D eigenvalue weighted by atomic mass is 10.2. The number of rotatable bonds is 6. The second kappa shape index (κ2) is 8.88. The van der Waals surface area contributed by atoms with Crippen molar-refractivity contribution in [1.82, 2.24) is 15.0 Å². The number of carbonyl (C=O) groups is 2. The summed E-state index contributed by atoms with van der Waals surface area (Å²) in [5, 5.41) is 0. The van der Waals surface area contributed by atoms with Crippen LogP contribution in [0.2, 0.25) is 0 Å². The van der Waals surface area contributed by atoms with Gasteiger partial charge in [-0.05, 0) is 0 Å². The molecule has 0 spiro atoms. The zero-order valence-corrected chi connectivity index (χ0v) is 14.6. The van der Waals surface area contributed by atoms with Crippen LogP contribution in [0.3, 0.4) is 0 Å². The van der Waals surface area contributed by atoms with E-state index in [4.69, 9.17) is 9.47 Å². The Bertz CT molecular complexity index is 830. The summed E-state index contributed by atoms with van der Waals surface area (Å²) >= 11 is 0.